The number of aromatic nitrogens is 2. The van der Waals surface area contributed by atoms with Gasteiger partial charge in [-0.1, -0.05) is 85.8 Å². The van der Waals surface area contributed by atoms with Crippen molar-refractivity contribution in [2.45, 2.75) is 128 Å². The van der Waals surface area contributed by atoms with Gasteiger partial charge in [0.1, 0.15) is 36.7 Å². The number of benzene rings is 4. The molecule has 0 saturated heterocycles. The highest BCUT2D eigenvalue weighted by molar-refractivity contribution is 5.96. The van der Waals surface area contributed by atoms with E-state index in [0.717, 1.165) is 27.8 Å². The Morgan fingerprint density at radius 2 is 1.43 bits per heavy atom. The summed E-state index contributed by atoms with van der Waals surface area (Å²) in [5, 5.41) is 30.2. The van der Waals surface area contributed by atoms with Crippen molar-refractivity contribution in [3.05, 3.63) is 157 Å². The van der Waals surface area contributed by atoms with Crippen molar-refractivity contribution in [3.63, 3.8) is 0 Å². The van der Waals surface area contributed by atoms with Gasteiger partial charge in [0.05, 0.1) is 61.1 Å². The SMILES string of the molecule is CC[C@@]1(O)C(=O)OCc2c1cc1n(c2=O)Cc2c-1nc1cc(F)c(C)c3c1c2[C@@H](NC(=O)CCCNC(=O)CNC(=O)C(Cc1ccccc1)NC(=O)CNC(=O)CNC(=O)[C@H](CC(=O)OC(C)(C)C)NC(=O)OCC1c2ccccc2-c2ccccc21)CC3. The van der Waals surface area contributed by atoms with Crippen LogP contribution in [0.3, 0.4) is 0 Å². The molecule has 0 radical (unpaired) electrons. The molecule has 470 valence electrons. The first-order valence-electron chi connectivity index (χ1n) is 29.9. The molecule has 2 aliphatic carbocycles. The molecule has 4 atom stereocenters. The maximum absolute atomic E-state index is 15.5. The Kier molecular flexibility index (Phi) is 18.6. The molecular formula is C66H70FN9O14. The van der Waals surface area contributed by atoms with Crippen LogP contribution in [0.1, 0.15) is 122 Å². The second-order valence-electron chi connectivity index (χ2n) is 23.8. The number of nitrogens with one attached hydrogen (secondary N) is 7. The smallest absolute Gasteiger partial charge is 0.407 e. The van der Waals surface area contributed by atoms with Gasteiger partial charge < -0.3 is 61.1 Å². The fourth-order valence-electron chi connectivity index (χ4n) is 12.2. The standard InChI is InChI=1S/C66H70FN9O14/c1-6-66(87)45-26-51-59-42(32-76(51)62(84)44(45)34-88-63(66)85)58-47(23-22-37-35(2)46(67)27-48(74-59)57(37)58)72-52(77)21-14-24-68-53(78)29-70-60(82)49(25-36-15-8-7-9-16-36)73-55(80)31-69-54(79)30-71-61(83)50(28-56(81)90-65(3,4)5)75-64(86)89-33-43-40-19-12-10-17-38(40)39-18-11-13-20-41(39)43/h7-13,15-20,26-27,43,47,49-50,87H,6,14,21-25,28-34H2,1-5H3,(H,68,78)(H,69,79)(H,70,82)(H,71,83)(H,72,77)(H,73,80)(H,75,86)/t47-,49?,50-,66-/m0/s1. The average molecular weight is 1230 g/mol. The van der Waals surface area contributed by atoms with Crippen LogP contribution < -0.4 is 42.8 Å². The van der Waals surface area contributed by atoms with E-state index in [9.17, 15) is 53.1 Å². The molecule has 23 nitrogen and oxygen atoms in total. The summed E-state index contributed by atoms with van der Waals surface area (Å²) in [5.74, 6) is -6.60. The Hall–Kier alpha value is -9.84. The zero-order chi connectivity index (χ0) is 64.2. The van der Waals surface area contributed by atoms with Gasteiger partial charge in [0.15, 0.2) is 5.60 Å². The highest BCUT2D eigenvalue weighted by atomic mass is 19.1. The Bertz CT molecular complexity index is 3910. The number of carbonyl (C=O) groups excluding carboxylic acids is 9. The predicted octanol–water partition coefficient (Wildman–Crippen LogP) is 4.24. The summed E-state index contributed by atoms with van der Waals surface area (Å²) in [4.78, 5) is 138. The molecule has 4 aliphatic rings. The van der Waals surface area contributed by atoms with Crippen molar-refractivity contribution in [1.82, 2.24) is 46.8 Å². The summed E-state index contributed by atoms with van der Waals surface area (Å²) < 4.78 is 33.2. The van der Waals surface area contributed by atoms with Gasteiger partial charge in [0.2, 0.25) is 35.4 Å². The third-order valence-corrected chi connectivity index (χ3v) is 16.6. The highest BCUT2D eigenvalue weighted by Crippen LogP contribution is 2.47. The van der Waals surface area contributed by atoms with E-state index in [4.69, 9.17) is 19.2 Å². The normalized spacial score (nSPS) is 16.5. The van der Waals surface area contributed by atoms with Gasteiger partial charge in [0, 0.05) is 47.9 Å². The zero-order valence-electron chi connectivity index (χ0n) is 50.4. The van der Waals surface area contributed by atoms with Crippen molar-refractivity contribution in [1.29, 1.82) is 0 Å². The zero-order valence-corrected chi connectivity index (χ0v) is 50.4. The molecule has 2 aromatic heterocycles. The van der Waals surface area contributed by atoms with E-state index < -0.39 is 114 Å². The topological polar surface area (TPSA) is 321 Å². The lowest BCUT2D eigenvalue weighted by Gasteiger charge is -2.31. The number of hydrogen-bond acceptors (Lipinski definition) is 15. The summed E-state index contributed by atoms with van der Waals surface area (Å²) in [7, 11) is 0. The number of nitrogens with zero attached hydrogens (tertiary/aromatic N) is 2. The van der Waals surface area contributed by atoms with Crippen molar-refractivity contribution >= 4 is 64.4 Å². The molecule has 0 saturated carbocycles. The fraction of sp³-hybridized carbons (Fsp3) is 0.379. The van der Waals surface area contributed by atoms with Crippen LogP contribution in [-0.2, 0) is 84.2 Å². The van der Waals surface area contributed by atoms with E-state index >= 15 is 4.39 Å². The van der Waals surface area contributed by atoms with Crippen molar-refractivity contribution in [2.24, 2.45) is 0 Å². The number of cyclic esters (lactones) is 1. The molecule has 90 heavy (non-hydrogen) atoms. The van der Waals surface area contributed by atoms with E-state index in [2.05, 4.69) is 37.2 Å². The van der Waals surface area contributed by atoms with Crippen molar-refractivity contribution < 1.29 is 66.9 Å². The number of pyridine rings is 2. The van der Waals surface area contributed by atoms with Crippen molar-refractivity contribution in [3.8, 4) is 22.5 Å². The van der Waals surface area contributed by atoms with Crippen LogP contribution >= 0.6 is 0 Å². The lowest BCUT2D eigenvalue weighted by atomic mass is 9.81. The van der Waals surface area contributed by atoms with Crippen LogP contribution in [0.2, 0.25) is 0 Å². The first-order chi connectivity index (χ1) is 43.0. The number of alkyl carbamates (subject to hydrolysis) is 1. The van der Waals surface area contributed by atoms with Gasteiger partial charge in [-0.3, -0.25) is 38.4 Å². The van der Waals surface area contributed by atoms with Gasteiger partial charge >= 0.3 is 18.0 Å². The van der Waals surface area contributed by atoms with Crippen LogP contribution in [0.4, 0.5) is 9.18 Å². The van der Waals surface area contributed by atoms with E-state index in [1.165, 1.54) is 10.6 Å². The summed E-state index contributed by atoms with van der Waals surface area (Å²) in [6.07, 6.45) is -0.636. The second-order valence-corrected chi connectivity index (χ2v) is 23.8. The number of esters is 2. The van der Waals surface area contributed by atoms with E-state index in [1.54, 1.807) is 71.0 Å². The van der Waals surface area contributed by atoms with Gasteiger partial charge in [0.25, 0.3) is 5.56 Å². The number of aliphatic hydroxyl groups is 1. The van der Waals surface area contributed by atoms with Gasteiger partial charge in [-0.2, -0.15) is 0 Å². The molecule has 0 spiro atoms. The van der Waals surface area contributed by atoms with Crippen LogP contribution in [0.5, 0.6) is 0 Å². The molecular weight excluding hydrogens is 1160 g/mol. The molecule has 10 rings (SSSR count). The largest absolute Gasteiger partial charge is 0.460 e. The van der Waals surface area contributed by atoms with Crippen LogP contribution in [0.25, 0.3) is 33.4 Å². The fourth-order valence-corrected chi connectivity index (χ4v) is 12.2. The number of hydrogen-bond donors (Lipinski definition) is 8. The average Bonchev–Trinajstić information content (AvgIpc) is 1.46. The lowest BCUT2D eigenvalue weighted by Crippen LogP contribution is -2.53. The van der Waals surface area contributed by atoms with Crippen LogP contribution in [0.15, 0.2) is 95.8 Å². The van der Waals surface area contributed by atoms with Gasteiger partial charge in [-0.15, -0.1) is 0 Å². The summed E-state index contributed by atoms with van der Waals surface area (Å²) in [5.41, 5.74) is 5.02. The monoisotopic (exact) mass is 1230 g/mol. The number of carbonyl (C=O) groups is 9. The summed E-state index contributed by atoms with van der Waals surface area (Å²) in [6.45, 7) is 6.12. The molecule has 4 heterocycles. The molecule has 7 amide bonds. The molecule has 0 fully saturated rings. The second kappa shape index (κ2) is 26.5. The lowest BCUT2D eigenvalue weighted by molar-refractivity contribution is -0.172. The minimum absolute atomic E-state index is 0.0000371. The van der Waals surface area contributed by atoms with Crippen LogP contribution in [-0.4, -0.2) is 119 Å². The molecule has 24 heteroatoms. The van der Waals surface area contributed by atoms with E-state index in [1.807, 2.05) is 48.5 Å². The third-order valence-electron chi connectivity index (χ3n) is 16.6. The van der Waals surface area contributed by atoms with Gasteiger partial charge in [-0.25, -0.2) is 19.0 Å². The first-order valence-corrected chi connectivity index (χ1v) is 29.9. The number of halogens is 1. The quantitative estimate of drug-likeness (QED) is 0.0267. The summed E-state index contributed by atoms with van der Waals surface area (Å²) in [6, 6.07) is 23.8. The highest BCUT2D eigenvalue weighted by Gasteiger charge is 2.46. The molecule has 0 bridgehead atoms. The first kappa shape index (κ1) is 63.2. The molecule has 4 aromatic carbocycles. The number of rotatable bonds is 22. The summed E-state index contributed by atoms with van der Waals surface area (Å²) >= 11 is 0. The van der Waals surface area contributed by atoms with Crippen LogP contribution in [0, 0.1) is 12.7 Å². The van der Waals surface area contributed by atoms with E-state index in [0.29, 0.717) is 57.4 Å². The number of aryl methyl sites for hydroxylation is 1. The van der Waals surface area contributed by atoms with Gasteiger partial charge in [-0.05, 0) is 104 Å². The molecule has 6 aromatic rings. The maximum Gasteiger partial charge on any atom is 0.407 e. The minimum atomic E-state index is -2.05. The van der Waals surface area contributed by atoms with E-state index in [-0.39, 0.29) is 74.9 Å². The Labute approximate surface area is 516 Å². The Morgan fingerprint density at radius 1 is 0.789 bits per heavy atom. The third kappa shape index (κ3) is 13.6. The predicted molar refractivity (Wildman–Crippen MR) is 324 cm³/mol. The Morgan fingerprint density at radius 3 is 2.11 bits per heavy atom. The number of ether oxygens (including phenoxy) is 3. The maximum atomic E-state index is 15.5. The number of amides is 7. The molecule has 8 N–H and O–H groups in total. The minimum Gasteiger partial charge on any atom is -0.460 e. The Balaban J connectivity index is 0.699. The molecule has 2 aliphatic heterocycles. The number of fused-ring (bicyclic) bond motifs is 8. The molecule has 1 unspecified atom stereocenters. The van der Waals surface area contributed by atoms with Crippen molar-refractivity contribution in [2.75, 3.05) is 32.8 Å².